The Hall–Kier alpha value is -1.36. The van der Waals surface area contributed by atoms with Crippen molar-refractivity contribution in [3.8, 4) is 0 Å². The van der Waals surface area contributed by atoms with Gasteiger partial charge in [-0.05, 0) is 46.1 Å². The first kappa shape index (κ1) is 17.0. The van der Waals surface area contributed by atoms with Gasteiger partial charge in [-0.15, -0.1) is 0 Å². The number of likely N-dealkylation sites (tertiary alicyclic amines) is 1. The van der Waals surface area contributed by atoms with Gasteiger partial charge < -0.3 is 15.3 Å². The molecule has 1 saturated heterocycles. The molecule has 22 heavy (non-hydrogen) atoms. The van der Waals surface area contributed by atoms with E-state index in [0.717, 1.165) is 38.0 Å². The van der Waals surface area contributed by atoms with Crippen molar-refractivity contribution in [3.05, 3.63) is 11.1 Å². The third kappa shape index (κ3) is 3.88. The lowest BCUT2D eigenvalue weighted by molar-refractivity contribution is -0.147. The number of nitrogens with one attached hydrogen (secondary N) is 1. The molecule has 0 aromatic heterocycles. The molecule has 1 aliphatic carbocycles. The molecule has 124 valence electrons. The summed E-state index contributed by atoms with van der Waals surface area (Å²) >= 11 is 0. The average molecular weight is 308 g/mol. The number of piperidine rings is 1. The SMILES string of the molecule is CCN1CCC(NC(=O)[C@@H]2CC(C)=C(C)C[C@H]2C(=O)O)CC1. The zero-order valence-electron chi connectivity index (χ0n) is 13.9. The Bertz CT molecular complexity index is 465. The van der Waals surface area contributed by atoms with E-state index in [-0.39, 0.29) is 11.9 Å². The highest BCUT2D eigenvalue weighted by atomic mass is 16.4. The smallest absolute Gasteiger partial charge is 0.307 e. The fourth-order valence-corrected chi connectivity index (χ4v) is 3.53. The number of rotatable bonds is 4. The van der Waals surface area contributed by atoms with Crippen molar-refractivity contribution in [3.63, 3.8) is 0 Å². The predicted octanol–water partition coefficient (Wildman–Crippen LogP) is 2.03. The molecular weight excluding hydrogens is 280 g/mol. The second kappa shape index (κ2) is 7.27. The molecule has 0 aromatic rings. The van der Waals surface area contributed by atoms with Gasteiger partial charge in [0.2, 0.25) is 5.91 Å². The van der Waals surface area contributed by atoms with E-state index in [0.29, 0.717) is 12.8 Å². The van der Waals surface area contributed by atoms with Crippen LogP contribution in [0, 0.1) is 11.8 Å². The van der Waals surface area contributed by atoms with E-state index < -0.39 is 17.8 Å². The number of allylic oxidation sites excluding steroid dienone is 2. The lowest BCUT2D eigenvalue weighted by Gasteiger charge is -2.34. The molecule has 0 aromatic carbocycles. The van der Waals surface area contributed by atoms with Gasteiger partial charge in [-0.25, -0.2) is 0 Å². The number of amides is 1. The van der Waals surface area contributed by atoms with Crippen LogP contribution in [0.5, 0.6) is 0 Å². The maximum Gasteiger partial charge on any atom is 0.307 e. The van der Waals surface area contributed by atoms with Crippen LogP contribution in [0.2, 0.25) is 0 Å². The van der Waals surface area contributed by atoms with E-state index in [2.05, 4.69) is 17.1 Å². The van der Waals surface area contributed by atoms with Crippen LogP contribution in [0.15, 0.2) is 11.1 Å². The first-order chi connectivity index (χ1) is 10.4. The highest BCUT2D eigenvalue weighted by molar-refractivity contribution is 5.85. The molecule has 2 N–H and O–H groups in total. The molecule has 0 radical (unpaired) electrons. The number of carboxylic acid groups (broad SMARTS) is 1. The number of hydrogen-bond acceptors (Lipinski definition) is 3. The molecule has 0 bridgehead atoms. The van der Waals surface area contributed by atoms with Crippen molar-refractivity contribution in [1.82, 2.24) is 10.2 Å². The van der Waals surface area contributed by atoms with E-state index in [4.69, 9.17) is 0 Å². The van der Waals surface area contributed by atoms with Gasteiger partial charge in [-0.1, -0.05) is 18.1 Å². The molecule has 5 nitrogen and oxygen atoms in total. The van der Waals surface area contributed by atoms with Gasteiger partial charge in [0.05, 0.1) is 11.8 Å². The van der Waals surface area contributed by atoms with Crippen LogP contribution in [0.25, 0.3) is 0 Å². The Balaban J connectivity index is 1.97. The summed E-state index contributed by atoms with van der Waals surface area (Å²) in [5, 5.41) is 12.5. The van der Waals surface area contributed by atoms with Crippen molar-refractivity contribution < 1.29 is 14.7 Å². The highest BCUT2D eigenvalue weighted by Gasteiger charge is 2.38. The minimum Gasteiger partial charge on any atom is -0.481 e. The highest BCUT2D eigenvalue weighted by Crippen LogP contribution is 2.34. The third-order valence-corrected chi connectivity index (χ3v) is 5.30. The lowest BCUT2D eigenvalue weighted by atomic mass is 9.76. The Labute approximate surface area is 132 Å². The van der Waals surface area contributed by atoms with Crippen molar-refractivity contribution in [2.75, 3.05) is 19.6 Å². The minimum absolute atomic E-state index is 0.0748. The molecule has 1 fully saturated rings. The van der Waals surface area contributed by atoms with E-state index in [1.165, 1.54) is 5.57 Å². The largest absolute Gasteiger partial charge is 0.481 e. The molecule has 1 amide bonds. The Morgan fingerprint density at radius 2 is 1.68 bits per heavy atom. The molecule has 1 heterocycles. The standard InChI is InChI=1S/C17H28N2O3/c1-4-19-7-5-13(6-8-19)18-16(20)14-9-11(2)12(3)10-15(14)17(21)22/h13-15H,4-10H2,1-3H3,(H,18,20)(H,21,22)/t14-,15-/m1/s1. The number of hydrogen-bond donors (Lipinski definition) is 2. The van der Waals surface area contributed by atoms with Gasteiger partial charge in [0, 0.05) is 19.1 Å². The molecule has 5 heteroatoms. The van der Waals surface area contributed by atoms with Crippen molar-refractivity contribution in [2.24, 2.45) is 11.8 Å². The number of carbonyl (C=O) groups excluding carboxylic acids is 1. The van der Waals surface area contributed by atoms with Gasteiger partial charge in [-0.2, -0.15) is 0 Å². The first-order valence-corrected chi connectivity index (χ1v) is 8.33. The monoisotopic (exact) mass is 308 g/mol. The second-order valence-corrected chi connectivity index (χ2v) is 6.74. The maximum absolute atomic E-state index is 12.6. The third-order valence-electron chi connectivity index (χ3n) is 5.30. The molecule has 0 unspecified atom stereocenters. The summed E-state index contributed by atoms with van der Waals surface area (Å²) in [4.78, 5) is 26.4. The van der Waals surface area contributed by atoms with Crippen molar-refractivity contribution in [2.45, 2.75) is 52.5 Å². The quantitative estimate of drug-likeness (QED) is 0.780. The second-order valence-electron chi connectivity index (χ2n) is 6.74. The molecule has 2 rings (SSSR count). The van der Waals surface area contributed by atoms with Crippen LogP contribution in [-0.4, -0.2) is 47.6 Å². The first-order valence-electron chi connectivity index (χ1n) is 8.33. The summed E-state index contributed by atoms with van der Waals surface area (Å²) in [6, 6.07) is 0.192. The molecule has 2 atom stereocenters. The van der Waals surface area contributed by atoms with E-state index in [1.807, 2.05) is 13.8 Å². The number of nitrogens with zero attached hydrogens (tertiary/aromatic N) is 1. The topological polar surface area (TPSA) is 69.6 Å². The van der Waals surface area contributed by atoms with Gasteiger partial charge in [0.15, 0.2) is 0 Å². The van der Waals surface area contributed by atoms with Gasteiger partial charge in [0.1, 0.15) is 0 Å². The number of carbonyl (C=O) groups is 2. The summed E-state index contributed by atoms with van der Waals surface area (Å²) in [5.74, 6) is -1.94. The van der Waals surface area contributed by atoms with Crippen molar-refractivity contribution in [1.29, 1.82) is 0 Å². The minimum atomic E-state index is -0.854. The zero-order valence-corrected chi connectivity index (χ0v) is 13.9. The maximum atomic E-state index is 12.6. The predicted molar refractivity (Wildman–Crippen MR) is 85.5 cm³/mol. The summed E-state index contributed by atoms with van der Waals surface area (Å²) in [7, 11) is 0. The van der Waals surface area contributed by atoms with Gasteiger partial charge >= 0.3 is 5.97 Å². The summed E-state index contributed by atoms with van der Waals surface area (Å²) < 4.78 is 0. The summed E-state index contributed by atoms with van der Waals surface area (Å²) in [6.45, 7) is 9.19. The molecule has 0 saturated carbocycles. The molecule has 1 aliphatic heterocycles. The molecule has 2 aliphatic rings. The normalized spacial score (nSPS) is 27.8. The number of carboxylic acids is 1. The zero-order chi connectivity index (χ0) is 16.3. The van der Waals surface area contributed by atoms with Crippen LogP contribution in [0.3, 0.4) is 0 Å². The van der Waals surface area contributed by atoms with E-state index >= 15 is 0 Å². The van der Waals surface area contributed by atoms with Crippen LogP contribution in [0.1, 0.15) is 46.5 Å². The Morgan fingerprint density at radius 1 is 1.14 bits per heavy atom. The van der Waals surface area contributed by atoms with Crippen LogP contribution >= 0.6 is 0 Å². The van der Waals surface area contributed by atoms with Crippen LogP contribution in [0.4, 0.5) is 0 Å². The van der Waals surface area contributed by atoms with E-state index in [9.17, 15) is 14.7 Å². The fourth-order valence-electron chi connectivity index (χ4n) is 3.53. The summed E-state index contributed by atoms with van der Waals surface area (Å²) in [6.07, 6.45) is 2.98. The lowest BCUT2D eigenvalue weighted by Crippen LogP contribution is -2.48. The number of aliphatic carboxylic acids is 1. The van der Waals surface area contributed by atoms with Crippen LogP contribution < -0.4 is 5.32 Å². The Morgan fingerprint density at radius 3 is 2.18 bits per heavy atom. The molecular formula is C17H28N2O3. The molecule has 0 spiro atoms. The van der Waals surface area contributed by atoms with E-state index in [1.54, 1.807) is 0 Å². The average Bonchev–Trinajstić information content (AvgIpc) is 2.50. The van der Waals surface area contributed by atoms with Crippen molar-refractivity contribution >= 4 is 11.9 Å². The summed E-state index contributed by atoms with van der Waals surface area (Å²) in [5.41, 5.74) is 2.28. The Kier molecular flexibility index (Phi) is 5.62. The van der Waals surface area contributed by atoms with Crippen LogP contribution in [-0.2, 0) is 9.59 Å². The fraction of sp³-hybridized carbons (Fsp3) is 0.765. The van der Waals surface area contributed by atoms with Gasteiger partial charge in [0.25, 0.3) is 0 Å². The van der Waals surface area contributed by atoms with Gasteiger partial charge in [-0.3, -0.25) is 9.59 Å².